The predicted octanol–water partition coefficient (Wildman–Crippen LogP) is 6.38. The smallest absolute Gasteiger partial charge is 0.494 e. The van der Waals surface area contributed by atoms with Crippen molar-refractivity contribution in [3.8, 4) is 23.0 Å². The first-order chi connectivity index (χ1) is 14.0. The van der Waals surface area contributed by atoms with E-state index in [2.05, 4.69) is 13.8 Å². The summed E-state index contributed by atoms with van der Waals surface area (Å²) in [5.41, 5.74) is 0. The Bertz CT molecular complexity index is 683. The Labute approximate surface area is 173 Å². The van der Waals surface area contributed by atoms with Gasteiger partial charge in [-0.3, -0.25) is 4.89 Å². The van der Waals surface area contributed by atoms with Crippen molar-refractivity contribution < 1.29 is 28.0 Å². The second-order valence-electron chi connectivity index (χ2n) is 6.71. The monoisotopic (exact) mass is 422 g/mol. The van der Waals surface area contributed by atoms with Gasteiger partial charge < -0.3 is 18.5 Å². The van der Waals surface area contributed by atoms with Crippen molar-refractivity contribution in [2.75, 3.05) is 13.2 Å². The van der Waals surface area contributed by atoms with Crippen molar-refractivity contribution in [3.63, 3.8) is 0 Å². The van der Waals surface area contributed by atoms with E-state index in [0.29, 0.717) is 24.7 Å². The Balaban J connectivity index is 1.82. The molecule has 0 aliphatic heterocycles. The fourth-order valence-corrected chi connectivity index (χ4v) is 3.38. The molecule has 0 aromatic heterocycles. The van der Waals surface area contributed by atoms with Gasteiger partial charge in [-0.1, -0.05) is 39.5 Å². The minimum Gasteiger partial charge on any atom is -0.494 e. The summed E-state index contributed by atoms with van der Waals surface area (Å²) in [5, 5.41) is 0. The fourth-order valence-electron chi connectivity index (χ4n) is 2.56. The third-order valence-electron chi connectivity index (χ3n) is 4.12. The molecule has 0 aliphatic carbocycles. The molecule has 0 fully saturated rings. The molecule has 6 nitrogen and oxygen atoms in total. The van der Waals surface area contributed by atoms with Gasteiger partial charge in [-0.15, -0.1) is 0 Å². The van der Waals surface area contributed by atoms with Crippen molar-refractivity contribution in [2.24, 2.45) is 0 Å². The largest absolute Gasteiger partial charge is 0.584 e. The molecule has 0 heterocycles. The van der Waals surface area contributed by atoms with E-state index in [-0.39, 0.29) is 11.5 Å². The van der Waals surface area contributed by atoms with Crippen LogP contribution in [-0.4, -0.2) is 18.1 Å². The van der Waals surface area contributed by atoms with Crippen LogP contribution < -0.4 is 18.5 Å². The van der Waals surface area contributed by atoms with Crippen LogP contribution in [0, 0.1) is 0 Å². The van der Waals surface area contributed by atoms with Gasteiger partial charge in [0.25, 0.3) is 0 Å². The highest BCUT2D eigenvalue weighted by atomic mass is 31.2. The van der Waals surface area contributed by atoms with Crippen LogP contribution in [0.1, 0.15) is 52.4 Å². The Kier molecular flexibility index (Phi) is 9.89. The molecule has 0 aliphatic rings. The molecule has 0 bridgehead atoms. The molecule has 0 spiro atoms. The van der Waals surface area contributed by atoms with Gasteiger partial charge in [0.15, 0.2) is 0 Å². The highest BCUT2D eigenvalue weighted by molar-refractivity contribution is 7.48. The molecule has 0 amide bonds. The van der Waals surface area contributed by atoms with E-state index >= 15 is 0 Å². The number of hydrogen-bond donors (Lipinski definition) is 1. The van der Waals surface area contributed by atoms with Crippen LogP contribution in [0.2, 0.25) is 0 Å². The minimum atomic E-state index is -4.31. The van der Waals surface area contributed by atoms with Gasteiger partial charge in [-0.05, 0) is 61.4 Å². The summed E-state index contributed by atoms with van der Waals surface area (Å²) in [6.45, 7) is 5.57. The highest BCUT2D eigenvalue weighted by Crippen LogP contribution is 2.44. The van der Waals surface area contributed by atoms with Crippen molar-refractivity contribution in [3.05, 3.63) is 48.5 Å². The molecule has 160 valence electrons. The summed E-state index contributed by atoms with van der Waals surface area (Å²) in [6.07, 6.45) is 6.51. The summed E-state index contributed by atoms with van der Waals surface area (Å²) >= 11 is 0. The molecule has 0 radical (unpaired) electrons. The van der Waals surface area contributed by atoms with Crippen LogP contribution in [0.5, 0.6) is 23.0 Å². The van der Waals surface area contributed by atoms with Crippen LogP contribution >= 0.6 is 7.82 Å². The van der Waals surface area contributed by atoms with E-state index in [1.807, 2.05) is 0 Å². The van der Waals surface area contributed by atoms with E-state index in [9.17, 15) is 9.46 Å². The molecule has 2 rings (SSSR count). The lowest BCUT2D eigenvalue weighted by atomic mass is 10.3. The lowest BCUT2D eigenvalue weighted by molar-refractivity contribution is 0.288. The molecular formula is C22H31O6P. The van der Waals surface area contributed by atoms with E-state index in [1.165, 1.54) is 0 Å². The Hall–Kier alpha value is -2.17. The van der Waals surface area contributed by atoms with E-state index in [0.717, 1.165) is 38.5 Å². The Morgan fingerprint density at radius 3 is 1.34 bits per heavy atom. The Morgan fingerprint density at radius 1 is 0.655 bits per heavy atom. The summed E-state index contributed by atoms with van der Waals surface area (Å²) in [7, 11) is -4.31. The zero-order valence-corrected chi connectivity index (χ0v) is 18.1. The molecule has 0 atom stereocenters. The second kappa shape index (κ2) is 12.4. The number of phosphoric acid groups is 1. The number of benzene rings is 2. The molecule has 0 saturated heterocycles. The average Bonchev–Trinajstić information content (AvgIpc) is 2.70. The standard InChI is InChI=1S/C22H31O6P/c1-3-5-7-17-25-19-9-13-21(14-10-19)27-29(23,24)28-22-15-11-20(12-16-22)26-18-8-6-4-2/h9-16H,3-8,17-18H2,1-2H3,(H,23,24). The van der Waals surface area contributed by atoms with Crippen molar-refractivity contribution in [1.82, 2.24) is 0 Å². The lowest BCUT2D eigenvalue weighted by Crippen LogP contribution is -2.01. The van der Waals surface area contributed by atoms with Crippen LogP contribution in [0.15, 0.2) is 48.5 Å². The van der Waals surface area contributed by atoms with Crippen LogP contribution in [-0.2, 0) is 4.57 Å². The summed E-state index contributed by atoms with van der Waals surface area (Å²) in [5.74, 6) is 1.84. The topological polar surface area (TPSA) is 74.2 Å². The van der Waals surface area contributed by atoms with Gasteiger partial charge in [0.05, 0.1) is 13.2 Å². The Morgan fingerprint density at radius 2 is 1.00 bits per heavy atom. The number of phosphoric ester groups is 1. The molecule has 2 aromatic rings. The molecule has 7 heteroatoms. The lowest BCUT2D eigenvalue weighted by Gasteiger charge is -2.14. The molecule has 2 aromatic carbocycles. The third kappa shape index (κ3) is 9.25. The molecule has 29 heavy (non-hydrogen) atoms. The summed E-state index contributed by atoms with van der Waals surface area (Å²) in [4.78, 5) is 10.0. The molecule has 0 saturated carbocycles. The third-order valence-corrected chi connectivity index (χ3v) is 5.01. The molecule has 1 N–H and O–H groups in total. The zero-order valence-electron chi connectivity index (χ0n) is 17.2. The second-order valence-corrected chi connectivity index (χ2v) is 8.01. The maximum atomic E-state index is 12.3. The van der Waals surface area contributed by atoms with Crippen molar-refractivity contribution >= 4 is 7.82 Å². The van der Waals surface area contributed by atoms with Gasteiger partial charge >= 0.3 is 7.82 Å². The van der Waals surface area contributed by atoms with Crippen LogP contribution in [0.25, 0.3) is 0 Å². The van der Waals surface area contributed by atoms with Gasteiger partial charge in [0.2, 0.25) is 0 Å². The van der Waals surface area contributed by atoms with Gasteiger partial charge in [-0.25, -0.2) is 4.57 Å². The van der Waals surface area contributed by atoms with Crippen molar-refractivity contribution in [2.45, 2.75) is 52.4 Å². The molecule has 0 unspecified atom stereocenters. The van der Waals surface area contributed by atoms with Gasteiger partial charge in [0, 0.05) is 0 Å². The fraction of sp³-hybridized carbons (Fsp3) is 0.455. The predicted molar refractivity (Wildman–Crippen MR) is 114 cm³/mol. The minimum absolute atomic E-state index is 0.229. The SMILES string of the molecule is CCCCCOc1ccc(OP(=O)(O)Oc2ccc(OCCCCC)cc2)cc1. The number of unbranched alkanes of at least 4 members (excludes halogenated alkanes) is 4. The normalized spacial score (nSPS) is 11.1. The van der Waals surface area contributed by atoms with Gasteiger partial charge in [0.1, 0.15) is 23.0 Å². The van der Waals surface area contributed by atoms with E-state index < -0.39 is 7.82 Å². The zero-order chi connectivity index (χ0) is 21.0. The average molecular weight is 422 g/mol. The molecular weight excluding hydrogens is 391 g/mol. The first kappa shape index (κ1) is 23.1. The number of rotatable bonds is 14. The van der Waals surface area contributed by atoms with Crippen LogP contribution in [0.3, 0.4) is 0 Å². The maximum absolute atomic E-state index is 12.3. The van der Waals surface area contributed by atoms with Crippen LogP contribution in [0.4, 0.5) is 0 Å². The first-order valence-electron chi connectivity index (χ1n) is 10.2. The summed E-state index contributed by atoms with van der Waals surface area (Å²) < 4.78 is 33.7. The maximum Gasteiger partial charge on any atom is 0.584 e. The van der Waals surface area contributed by atoms with E-state index in [1.54, 1.807) is 48.5 Å². The quantitative estimate of drug-likeness (QED) is 0.281. The number of hydrogen-bond acceptors (Lipinski definition) is 5. The van der Waals surface area contributed by atoms with Gasteiger partial charge in [-0.2, -0.15) is 0 Å². The highest BCUT2D eigenvalue weighted by Gasteiger charge is 2.25. The first-order valence-corrected chi connectivity index (χ1v) is 11.7. The van der Waals surface area contributed by atoms with Crippen molar-refractivity contribution in [1.29, 1.82) is 0 Å². The van der Waals surface area contributed by atoms with E-state index in [4.69, 9.17) is 18.5 Å². The number of ether oxygens (including phenoxy) is 2. The summed E-state index contributed by atoms with van der Waals surface area (Å²) in [6, 6.07) is 13.1.